The second kappa shape index (κ2) is 6.42. The van der Waals surface area contributed by atoms with Crippen LogP contribution in [-0.2, 0) is 6.42 Å². The molecule has 1 heterocycles. The number of hydrogen-bond donors (Lipinski definition) is 0. The van der Waals surface area contributed by atoms with Crippen LogP contribution < -0.4 is 4.74 Å². The molecule has 0 radical (unpaired) electrons. The number of aryl methyl sites for hydroxylation is 1. The first-order chi connectivity index (χ1) is 9.45. The van der Waals surface area contributed by atoms with Gasteiger partial charge in [-0.25, -0.2) is 9.97 Å². The molecule has 0 N–H and O–H groups in total. The molecule has 0 spiro atoms. The van der Waals surface area contributed by atoms with Crippen LogP contribution in [-0.4, -0.2) is 16.1 Å². The van der Waals surface area contributed by atoms with Gasteiger partial charge in [0.2, 0.25) is 5.28 Å². The highest BCUT2D eigenvalue weighted by molar-refractivity contribution is 6.32. The van der Waals surface area contributed by atoms with Crippen LogP contribution in [0.1, 0.15) is 30.7 Å². The third kappa shape index (κ3) is 3.84. The number of benzene rings is 1. The average molecular weight is 311 g/mol. The van der Waals surface area contributed by atoms with E-state index in [0.717, 1.165) is 16.8 Å². The van der Waals surface area contributed by atoms with Crippen molar-refractivity contribution in [2.24, 2.45) is 0 Å². The molecule has 0 aliphatic heterocycles. The zero-order chi connectivity index (χ0) is 14.7. The van der Waals surface area contributed by atoms with E-state index in [-0.39, 0.29) is 11.4 Å². The number of hydrogen-bond acceptors (Lipinski definition) is 3. The highest BCUT2D eigenvalue weighted by atomic mass is 35.5. The number of halogens is 2. The molecule has 0 bridgehead atoms. The van der Waals surface area contributed by atoms with E-state index in [2.05, 4.69) is 9.97 Å². The second-order valence-electron chi connectivity index (χ2n) is 4.88. The first-order valence-corrected chi connectivity index (χ1v) is 7.14. The van der Waals surface area contributed by atoms with E-state index >= 15 is 0 Å². The SMILES string of the molecule is Cc1cnc(Cl)nc1Cc1ccc(Cl)c(OC(C)C)c1. The minimum absolute atomic E-state index is 0.0815. The van der Waals surface area contributed by atoms with E-state index < -0.39 is 0 Å². The monoisotopic (exact) mass is 310 g/mol. The highest BCUT2D eigenvalue weighted by Gasteiger charge is 2.08. The maximum atomic E-state index is 6.13. The predicted molar refractivity (Wildman–Crippen MR) is 81.8 cm³/mol. The Bertz CT molecular complexity index is 615. The molecule has 0 aliphatic rings. The molecule has 1 aromatic heterocycles. The maximum Gasteiger partial charge on any atom is 0.222 e. The second-order valence-corrected chi connectivity index (χ2v) is 5.62. The molecule has 0 aliphatic carbocycles. The van der Waals surface area contributed by atoms with Gasteiger partial charge < -0.3 is 4.74 Å². The van der Waals surface area contributed by atoms with Crippen LogP contribution in [0.3, 0.4) is 0 Å². The number of ether oxygens (including phenoxy) is 1. The van der Waals surface area contributed by atoms with Crippen molar-refractivity contribution in [3.05, 3.63) is 51.5 Å². The van der Waals surface area contributed by atoms with E-state index in [4.69, 9.17) is 27.9 Å². The van der Waals surface area contributed by atoms with Crippen LogP contribution >= 0.6 is 23.2 Å². The minimum atomic E-state index is 0.0815. The summed E-state index contributed by atoms with van der Waals surface area (Å²) in [5.74, 6) is 0.692. The van der Waals surface area contributed by atoms with Crippen molar-refractivity contribution in [2.45, 2.75) is 33.3 Å². The molecule has 0 amide bonds. The van der Waals surface area contributed by atoms with Crippen LogP contribution in [0.25, 0.3) is 0 Å². The molecular weight excluding hydrogens is 295 g/mol. The van der Waals surface area contributed by atoms with Crippen molar-refractivity contribution >= 4 is 23.2 Å². The molecule has 5 heteroatoms. The smallest absolute Gasteiger partial charge is 0.222 e. The van der Waals surface area contributed by atoms with Gasteiger partial charge in [0.1, 0.15) is 5.75 Å². The Labute approximate surface area is 128 Å². The molecule has 106 valence electrons. The third-order valence-corrected chi connectivity index (χ3v) is 3.27. The Morgan fingerprint density at radius 2 is 2.00 bits per heavy atom. The number of nitrogens with zero attached hydrogens (tertiary/aromatic N) is 2. The van der Waals surface area contributed by atoms with Gasteiger partial charge >= 0.3 is 0 Å². The Morgan fingerprint density at radius 3 is 2.70 bits per heavy atom. The van der Waals surface area contributed by atoms with Gasteiger partial charge in [0.05, 0.1) is 16.8 Å². The zero-order valence-corrected chi connectivity index (χ0v) is 13.2. The van der Waals surface area contributed by atoms with E-state index in [1.54, 1.807) is 6.20 Å². The molecule has 0 fully saturated rings. The van der Waals surface area contributed by atoms with Gasteiger partial charge in [-0.05, 0) is 55.6 Å². The lowest BCUT2D eigenvalue weighted by atomic mass is 10.1. The fraction of sp³-hybridized carbons (Fsp3) is 0.333. The van der Waals surface area contributed by atoms with Crippen LogP contribution in [0.4, 0.5) is 0 Å². The summed E-state index contributed by atoms with van der Waals surface area (Å²) >= 11 is 12.0. The Hall–Kier alpha value is -1.32. The lowest BCUT2D eigenvalue weighted by molar-refractivity contribution is 0.242. The van der Waals surface area contributed by atoms with Gasteiger partial charge in [0, 0.05) is 12.6 Å². The van der Waals surface area contributed by atoms with Crippen molar-refractivity contribution in [3.8, 4) is 5.75 Å². The summed E-state index contributed by atoms with van der Waals surface area (Å²) in [5, 5.41) is 0.873. The molecule has 20 heavy (non-hydrogen) atoms. The summed E-state index contributed by atoms with van der Waals surface area (Å²) in [4.78, 5) is 8.22. The largest absolute Gasteiger partial charge is 0.489 e. The van der Waals surface area contributed by atoms with Crippen molar-refractivity contribution in [3.63, 3.8) is 0 Å². The summed E-state index contributed by atoms with van der Waals surface area (Å²) in [7, 11) is 0. The molecular formula is C15H16Cl2N2O. The molecule has 3 nitrogen and oxygen atoms in total. The normalized spacial score (nSPS) is 10.9. The van der Waals surface area contributed by atoms with E-state index in [1.165, 1.54) is 0 Å². The fourth-order valence-corrected chi connectivity index (χ4v) is 2.14. The lowest BCUT2D eigenvalue weighted by Crippen LogP contribution is -2.06. The van der Waals surface area contributed by atoms with Gasteiger partial charge in [0.25, 0.3) is 0 Å². The first-order valence-electron chi connectivity index (χ1n) is 6.39. The van der Waals surface area contributed by atoms with Gasteiger partial charge in [-0.1, -0.05) is 17.7 Å². The van der Waals surface area contributed by atoms with Crippen molar-refractivity contribution in [2.75, 3.05) is 0 Å². The van der Waals surface area contributed by atoms with Crippen LogP contribution in [0.15, 0.2) is 24.4 Å². The molecule has 0 unspecified atom stereocenters. The van der Waals surface area contributed by atoms with Gasteiger partial charge in [-0.3, -0.25) is 0 Å². The van der Waals surface area contributed by atoms with Crippen molar-refractivity contribution in [1.82, 2.24) is 9.97 Å². The van der Waals surface area contributed by atoms with Gasteiger partial charge in [-0.15, -0.1) is 0 Å². The summed E-state index contributed by atoms with van der Waals surface area (Å²) in [6.07, 6.45) is 2.48. The Kier molecular flexibility index (Phi) is 4.84. The molecule has 2 rings (SSSR count). The lowest BCUT2D eigenvalue weighted by Gasteiger charge is -2.13. The summed E-state index contributed by atoms with van der Waals surface area (Å²) < 4.78 is 5.69. The minimum Gasteiger partial charge on any atom is -0.489 e. The quantitative estimate of drug-likeness (QED) is 0.781. The van der Waals surface area contributed by atoms with E-state index in [9.17, 15) is 0 Å². The molecule has 0 saturated carbocycles. The van der Waals surface area contributed by atoms with Crippen molar-refractivity contribution in [1.29, 1.82) is 0 Å². The topological polar surface area (TPSA) is 35.0 Å². The van der Waals surface area contributed by atoms with Gasteiger partial charge in [0.15, 0.2) is 0 Å². The van der Waals surface area contributed by atoms with E-state index in [0.29, 0.717) is 17.2 Å². The zero-order valence-electron chi connectivity index (χ0n) is 11.7. The average Bonchev–Trinajstić information content (AvgIpc) is 2.37. The predicted octanol–water partition coefficient (Wildman–Crippen LogP) is 4.47. The molecule has 0 atom stereocenters. The summed E-state index contributed by atoms with van der Waals surface area (Å²) in [5.41, 5.74) is 2.99. The van der Waals surface area contributed by atoms with Crippen LogP contribution in [0.5, 0.6) is 5.75 Å². The van der Waals surface area contributed by atoms with Gasteiger partial charge in [-0.2, -0.15) is 0 Å². The third-order valence-electron chi connectivity index (χ3n) is 2.78. The van der Waals surface area contributed by atoms with Crippen molar-refractivity contribution < 1.29 is 4.74 Å². The number of rotatable bonds is 4. The Balaban J connectivity index is 2.27. The first kappa shape index (κ1) is 15.1. The summed E-state index contributed by atoms with van der Waals surface area (Å²) in [6.45, 7) is 5.90. The molecule has 0 saturated heterocycles. The maximum absolute atomic E-state index is 6.13. The fourth-order valence-electron chi connectivity index (χ4n) is 1.83. The Morgan fingerprint density at radius 1 is 1.25 bits per heavy atom. The highest BCUT2D eigenvalue weighted by Crippen LogP contribution is 2.27. The molecule has 2 aromatic rings. The standard InChI is InChI=1S/C15H16Cl2N2O/c1-9(2)20-14-7-11(4-5-12(14)16)6-13-10(3)8-18-15(17)19-13/h4-5,7-9H,6H2,1-3H3. The summed E-state index contributed by atoms with van der Waals surface area (Å²) in [6, 6.07) is 5.75. The van der Waals surface area contributed by atoms with Crippen LogP contribution in [0, 0.1) is 6.92 Å². The van der Waals surface area contributed by atoms with Crippen LogP contribution in [0.2, 0.25) is 10.3 Å². The van der Waals surface area contributed by atoms with E-state index in [1.807, 2.05) is 39.0 Å². The molecule has 1 aromatic carbocycles. The number of aromatic nitrogens is 2.